The zero-order chi connectivity index (χ0) is 20.6. The average molecular weight is 429 g/mol. The topological polar surface area (TPSA) is 42.8 Å². The molecule has 0 aliphatic rings. The Morgan fingerprint density at radius 1 is 0.897 bits per heavy atom. The molecule has 6 heteroatoms. The molecule has 0 aliphatic carbocycles. The van der Waals surface area contributed by atoms with E-state index >= 15 is 0 Å². The molecule has 0 atom stereocenters. The van der Waals surface area contributed by atoms with Crippen LogP contribution in [0, 0.1) is 6.92 Å². The lowest BCUT2D eigenvalue weighted by Gasteiger charge is -2.13. The summed E-state index contributed by atoms with van der Waals surface area (Å²) in [5.41, 5.74) is 6.98. The molecule has 3 aromatic rings. The van der Waals surface area contributed by atoms with Gasteiger partial charge in [-0.15, -0.1) is 0 Å². The van der Waals surface area contributed by atoms with Gasteiger partial charge in [-0.25, -0.2) is 0 Å². The van der Waals surface area contributed by atoms with Crippen LogP contribution in [-0.4, -0.2) is 12.8 Å². The highest BCUT2D eigenvalue weighted by atomic mass is 35.5. The molecule has 0 saturated carbocycles. The Kier molecular flexibility index (Phi) is 7.39. The number of aryl methyl sites for hydroxylation is 1. The number of hydrazone groups is 1. The molecule has 4 nitrogen and oxygen atoms in total. The first-order chi connectivity index (χ1) is 14.0. The van der Waals surface area contributed by atoms with Crippen LogP contribution >= 0.6 is 23.2 Å². The highest BCUT2D eigenvalue weighted by Crippen LogP contribution is 2.30. The maximum absolute atomic E-state index is 6.07. The molecule has 0 bridgehead atoms. The average Bonchev–Trinajstić information content (AvgIpc) is 2.71. The lowest BCUT2D eigenvalue weighted by Crippen LogP contribution is -2.01. The molecule has 150 valence electrons. The van der Waals surface area contributed by atoms with Crippen molar-refractivity contribution in [1.82, 2.24) is 0 Å². The van der Waals surface area contributed by atoms with Gasteiger partial charge < -0.3 is 9.47 Å². The number of rotatable bonds is 8. The van der Waals surface area contributed by atoms with Gasteiger partial charge in [-0.1, -0.05) is 47.0 Å². The SMILES string of the molecule is CCOc1cc(/C=N/Nc2ccc(C)cc2)ccc1OCc1ccc(Cl)c(Cl)c1. The zero-order valence-corrected chi connectivity index (χ0v) is 17.8. The molecule has 0 heterocycles. The summed E-state index contributed by atoms with van der Waals surface area (Å²) >= 11 is 12.0. The third kappa shape index (κ3) is 6.14. The maximum atomic E-state index is 6.07. The molecular formula is C23H22Cl2N2O2. The molecule has 0 saturated heterocycles. The fraction of sp³-hybridized carbons (Fsp3) is 0.174. The fourth-order valence-electron chi connectivity index (χ4n) is 2.59. The number of nitrogens with zero attached hydrogens (tertiary/aromatic N) is 1. The normalized spacial score (nSPS) is 10.9. The van der Waals surface area contributed by atoms with Crippen LogP contribution in [0.4, 0.5) is 5.69 Å². The molecule has 0 aliphatic heterocycles. The summed E-state index contributed by atoms with van der Waals surface area (Å²) in [5, 5.41) is 5.31. The molecule has 3 rings (SSSR count). The van der Waals surface area contributed by atoms with Gasteiger partial charge in [0.15, 0.2) is 11.5 Å². The van der Waals surface area contributed by atoms with Crippen molar-refractivity contribution in [2.24, 2.45) is 5.10 Å². The molecule has 29 heavy (non-hydrogen) atoms. The van der Waals surface area contributed by atoms with Gasteiger partial charge in [0, 0.05) is 0 Å². The van der Waals surface area contributed by atoms with Gasteiger partial charge in [0.1, 0.15) is 6.61 Å². The number of nitrogens with one attached hydrogen (secondary N) is 1. The van der Waals surface area contributed by atoms with E-state index in [1.54, 1.807) is 18.3 Å². The van der Waals surface area contributed by atoms with Gasteiger partial charge in [0.25, 0.3) is 0 Å². The van der Waals surface area contributed by atoms with Crippen LogP contribution in [0.15, 0.2) is 65.8 Å². The van der Waals surface area contributed by atoms with Crippen molar-refractivity contribution in [3.63, 3.8) is 0 Å². The number of anilines is 1. The van der Waals surface area contributed by atoms with Gasteiger partial charge in [-0.05, 0) is 67.4 Å². The summed E-state index contributed by atoms with van der Waals surface area (Å²) < 4.78 is 11.7. The van der Waals surface area contributed by atoms with Crippen molar-refractivity contribution in [3.05, 3.63) is 87.4 Å². The molecule has 0 amide bonds. The van der Waals surface area contributed by atoms with Crippen LogP contribution < -0.4 is 14.9 Å². The first-order valence-electron chi connectivity index (χ1n) is 9.24. The van der Waals surface area contributed by atoms with Crippen LogP contribution in [0.3, 0.4) is 0 Å². The van der Waals surface area contributed by atoms with Crippen molar-refractivity contribution in [2.45, 2.75) is 20.5 Å². The maximum Gasteiger partial charge on any atom is 0.161 e. The second-order valence-corrected chi connectivity index (χ2v) is 7.23. The van der Waals surface area contributed by atoms with Crippen LogP contribution in [0.5, 0.6) is 11.5 Å². The minimum Gasteiger partial charge on any atom is -0.490 e. The molecule has 1 N–H and O–H groups in total. The van der Waals surface area contributed by atoms with Crippen LogP contribution in [0.1, 0.15) is 23.6 Å². The monoisotopic (exact) mass is 428 g/mol. The quantitative estimate of drug-likeness (QED) is 0.319. The number of hydrogen-bond acceptors (Lipinski definition) is 4. The smallest absolute Gasteiger partial charge is 0.161 e. The molecule has 0 unspecified atom stereocenters. The van der Waals surface area contributed by atoms with Gasteiger partial charge in [-0.3, -0.25) is 5.43 Å². The number of benzene rings is 3. The highest BCUT2D eigenvalue weighted by Gasteiger charge is 2.07. The lowest BCUT2D eigenvalue weighted by molar-refractivity contribution is 0.269. The third-order valence-electron chi connectivity index (χ3n) is 4.10. The van der Waals surface area contributed by atoms with E-state index in [4.69, 9.17) is 32.7 Å². The zero-order valence-electron chi connectivity index (χ0n) is 16.3. The van der Waals surface area contributed by atoms with Crippen molar-refractivity contribution in [2.75, 3.05) is 12.0 Å². The molecule has 3 aromatic carbocycles. The Bertz CT molecular complexity index is 989. The number of halogens is 2. The van der Waals surface area contributed by atoms with E-state index in [0.717, 1.165) is 16.8 Å². The van der Waals surface area contributed by atoms with Crippen molar-refractivity contribution < 1.29 is 9.47 Å². The summed E-state index contributed by atoms with van der Waals surface area (Å²) in [7, 11) is 0. The van der Waals surface area contributed by atoms with E-state index in [1.807, 2.05) is 62.4 Å². The Morgan fingerprint density at radius 3 is 2.41 bits per heavy atom. The van der Waals surface area contributed by atoms with Crippen molar-refractivity contribution in [1.29, 1.82) is 0 Å². The van der Waals surface area contributed by atoms with E-state index < -0.39 is 0 Å². The molecular weight excluding hydrogens is 407 g/mol. The summed E-state index contributed by atoms with van der Waals surface area (Å²) in [6.07, 6.45) is 1.74. The first kappa shape index (κ1) is 21.0. The van der Waals surface area contributed by atoms with E-state index in [0.29, 0.717) is 34.8 Å². The Morgan fingerprint density at radius 2 is 1.69 bits per heavy atom. The van der Waals surface area contributed by atoms with Gasteiger partial charge in [0.05, 0.1) is 28.6 Å². The molecule has 0 fully saturated rings. The summed E-state index contributed by atoms with van der Waals surface area (Å²) in [5.74, 6) is 1.31. The molecule has 0 aromatic heterocycles. The van der Waals surface area contributed by atoms with Crippen molar-refractivity contribution in [3.8, 4) is 11.5 Å². The molecule has 0 spiro atoms. The summed E-state index contributed by atoms with van der Waals surface area (Å²) in [4.78, 5) is 0. The number of hydrogen-bond donors (Lipinski definition) is 1. The minimum atomic E-state index is 0.360. The van der Waals surface area contributed by atoms with Crippen LogP contribution in [-0.2, 0) is 6.61 Å². The van der Waals surface area contributed by atoms with Crippen LogP contribution in [0.2, 0.25) is 10.0 Å². The van der Waals surface area contributed by atoms with E-state index in [-0.39, 0.29) is 0 Å². The third-order valence-corrected chi connectivity index (χ3v) is 4.84. The van der Waals surface area contributed by atoms with Gasteiger partial charge in [-0.2, -0.15) is 5.10 Å². The largest absolute Gasteiger partial charge is 0.490 e. The second kappa shape index (κ2) is 10.2. The summed E-state index contributed by atoms with van der Waals surface area (Å²) in [6.45, 7) is 4.88. The van der Waals surface area contributed by atoms with Crippen molar-refractivity contribution >= 4 is 35.1 Å². The van der Waals surface area contributed by atoms with Gasteiger partial charge >= 0.3 is 0 Å². The number of ether oxygens (including phenoxy) is 2. The van der Waals surface area contributed by atoms with Crippen LogP contribution in [0.25, 0.3) is 0 Å². The standard InChI is InChI=1S/C23H22Cl2N2O2/c1-3-28-23-13-17(14-26-27-19-8-4-16(2)5-9-19)7-11-22(23)29-15-18-6-10-20(24)21(25)12-18/h4-14,27H,3,15H2,1-2H3/b26-14+. The first-order valence-corrected chi connectivity index (χ1v) is 10.00. The Balaban J connectivity index is 1.67. The fourth-order valence-corrected chi connectivity index (χ4v) is 2.91. The van der Waals surface area contributed by atoms with Gasteiger partial charge in [0.2, 0.25) is 0 Å². The lowest BCUT2D eigenvalue weighted by atomic mass is 10.2. The minimum absolute atomic E-state index is 0.360. The Labute approximate surface area is 181 Å². The molecule has 0 radical (unpaired) electrons. The predicted molar refractivity (Wildman–Crippen MR) is 121 cm³/mol. The second-order valence-electron chi connectivity index (χ2n) is 6.41. The summed E-state index contributed by atoms with van der Waals surface area (Å²) in [6, 6.07) is 19.2. The van der Waals surface area contributed by atoms with E-state index in [2.05, 4.69) is 10.5 Å². The van der Waals surface area contributed by atoms with E-state index in [9.17, 15) is 0 Å². The van der Waals surface area contributed by atoms with E-state index in [1.165, 1.54) is 5.56 Å². The highest BCUT2D eigenvalue weighted by molar-refractivity contribution is 6.42. The predicted octanol–water partition coefficient (Wildman–Crippen LogP) is 6.73. The Hall–Kier alpha value is -2.69.